The van der Waals surface area contributed by atoms with Crippen molar-refractivity contribution in [1.82, 2.24) is 14.6 Å². The standard InChI is InChI=1S/C25H25N5O3/c1-2-21(31)29-14-17(15-29)20-12-13-27-30-23(24(26)32)22(28-25(20)30)16-8-10-19(11-9-16)33-18-6-4-3-5-7-18/h2-11,17,20,27H,1,12-15H2,(H2,26,32). The normalized spacial score (nSPS) is 17.5. The Balaban J connectivity index is 1.43. The van der Waals surface area contributed by atoms with Crippen LogP contribution in [0.2, 0.25) is 0 Å². The van der Waals surface area contributed by atoms with Crippen molar-refractivity contribution in [2.75, 3.05) is 25.1 Å². The summed E-state index contributed by atoms with van der Waals surface area (Å²) in [6, 6.07) is 17.0. The maximum Gasteiger partial charge on any atom is 0.269 e. The van der Waals surface area contributed by atoms with Crippen LogP contribution in [-0.2, 0) is 4.79 Å². The van der Waals surface area contributed by atoms with Gasteiger partial charge in [0.05, 0.1) is 0 Å². The second-order valence-electron chi connectivity index (χ2n) is 8.32. The highest BCUT2D eigenvalue weighted by Crippen LogP contribution is 2.38. The van der Waals surface area contributed by atoms with Crippen LogP contribution in [0.5, 0.6) is 11.5 Å². The number of likely N-dealkylation sites (tertiary alicyclic amines) is 1. The first-order valence-corrected chi connectivity index (χ1v) is 11.0. The summed E-state index contributed by atoms with van der Waals surface area (Å²) in [4.78, 5) is 30.9. The van der Waals surface area contributed by atoms with Crippen molar-refractivity contribution in [2.45, 2.75) is 12.3 Å². The number of aromatic nitrogens is 2. The number of carbonyl (C=O) groups excluding carboxylic acids is 2. The number of amides is 2. The number of benzene rings is 2. The molecule has 2 aromatic carbocycles. The monoisotopic (exact) mass is 443 g/mol. The Kier molecular flexibility index (Phi) is 5.34. The van der Waals surface area contributed by atoms with E-state index in [1.54, 1.807) is 9.58 Å². The van der Waals surface area contributed by atoms with Crippen molar-refractivity contribution >= 4 is 11.8 Å². The Hall–Kier alpha value is -4.07. The number of carbonyl (C=O) groups is 2. The molecule has 1 atom stereocenters. The van der Waals surface area contributed by atoms with Crippen molar-refractivity contribution in [2.24, 2.45) is 11.7 Å². The van der Waals surface area contributed by atoms with Gasteiger partial charge in [0.25, 0.3) is 5.91 Å². The maximum absolute atomic E-state index is 12.4. The van der Waals surface area contributed by atoms with Gasteiger partial charge < -0.3 is 20.8 Å². The fourth-order valence-corrected chi connectivity index (χ4v) is 4.56. The van der Waals surface area contributed by atoms with Gasteiger partial charge in [0, 0.05) is 37.0 Å². The van der Waals surface area contributed by atoms with E-state index in [1.165, 1.54) is 6.08 Å². The maximum atomic E-state index is 12.4. The molecule has 3 aromatic rings. The minimum Gasteiger partial charge on any atom is -0.457 e. The predicted octanol–water partition coefficient (Wildman–Crippen LogP) is 3.12. The molecule has 5 rings (SSSR count). The van der Waals surface area contributed by atoms with E-state index in [0.29, 0.717) is 36.8 Å². The van der Waals surface area contributed by atoms with Crippen molar-refractivity contribution in [3.63, 3.8) is 0 Å². The van der Waals surface area contributed by atoms with Crippen LogP contribution in [0.4, 0.5) is 0 Å². The van der Waals surface area contributed by atoms with Crippen molar-refractivity contribution in [3.8, 4) is 22.8 Å². The van der Waals surface area contributed by atoms with E-state index in [0.717, 1.165) is 23.6 Å². The van der Waals surface area contributed by atoms with Crippen LogP contribution in [-0.4, -0.2) is 46.0 Å². The molecule has 1 fully saturated rings. The van der Waals surface area contributed by atoms with Crippen molar-refractivity contribution in [1.29, 1.82) is 0 Å². The number of nitrogens with one attached hydrogen (secondary N) is 1. The van der Waals surface area contributed by atoms with Gasteiger partial charge in [-0.25, -0.2) is 9.66 Å². The summed E-state index contributed by atoms with van der Waals surface area (Å²) < 4.78 is 7.60. The fraction of sp³-hybridized carbons (Fsp3) is 0.240. The number of hydrogen-bond donors (Lipinski definition) is 2. The number of nitrogens with zero attached hydrogens (tertiary/aromatic N) is 3. The number of hydrogen-bond acceptors (Lipinski definition) is 5. The zero-order valence-electron chi connectivity index (χ0n) is 18.1. The average molecular weight is 444 g/mol. The first-order valence-electron chi connectivity index (χ1n) is 11.0. The molecule has 33 heavy (non-hydrogen) atoms. The summed E-state index contributed by atoms with van der Waals surface area (Å²) in [6.45, 7) is 5.58. The van der Waals surface area contributed by atoms with Crippen LogP contribution in [0.15, 0.2) is 67.3 Å². The second kappa shape index (κ2) is 8.46. The zero-order valence-corrected chi connectivity index (χ0v) is 18.1. The lowest BCUT2D eigenvalue weighted by Gasteiger charge is -2.44. The van der Waals surface area contributed by atoms with E-state index < -0.39 is 5.91 Å². The number of para-hydroxylation sites is 1. The molecule has 0 bridgehead atoms. The molecular weight excluding hydrogens is 418 g/mol. The molecule has 3 N–H and O–H groups in total. The van der Waals surface area contributed by atoms with Crippen molar-refractivity contribution < 1.29 is 14.3 Å². The quantitative estimate of drug-likeness (QED) is 0.570. The molecule has 8 heteroatoms. The Morgan fingerprint density at radius 2 is 1.79 bits per heavy atom. The first-order chi connectivity index (χ1) is 16.0. The average Bonchev–Trinajstić information content (AvgIpc) is 3.20. The van der Waals surface area contributed by atoms with Gasteiger partial charge in [0.1, 0.15) is 23.0 Å². The molecule has 1 saturated heterocycles. The fourth-order valence-electron chi connectivity index (χ4n) is 4.56. The van der Waals surface area contributed by atoms with Crippen LogP contribution in [0.25, 0.3) is 11.3 Å². The van der Waals surface area contributed by atoms with E-state index in [4.69, 9.17) is 15.5 Å². The topological polar surface area (TPSA) is 102 Å². The van der Waals surface area contributed by atoms with E-state index in [-0.39, 0.29) is 17.7 Å². The third kappa shape index (κ3) is 3.84. The van der Waals surface area contributed by atoms with E-state index in [2.05, 4.69) is 12.0 Å². The molecular formula is C25H25N5O3. The number of imidazole rings is 1. The minimum atomic E-state index is -0.543. The second-order valence-corrected chi connectivity index (χ2v) is 8.32. The van der Waals surface area contributed by atoms with E-state index in [9.17, 15) is 9.59 Å². The Morgan fingerprint density at radius 3 is 2.45 bits per heavy atom. The molecule has 2 aliphatic heterocycles. The molecule has 168 valence electrons. The molecule has 0 saturated carbocycles. The van der Waals surface area contributed by atoms with Gasteiger partial charge in [0.2, 0.25) is 5.91 Å². The number of nitrogens with two attached hydrogens (primary N) is 1. The van der Waals surface area contributed by atoms with Crippen LogP contribution < -0.4 is 15.9 Å². The van der Waals surface area contributed by atoms with Crippen LogP contribution in [0.3, 0.4) is 0 Å². The molecule has 2 amide bonds. The molecule has 1 aromatic heterocycles. The summed E-state index contributed by atoms with van der Waals surface area (Å²) >= 11 is 0. The van der Waals surface area contributed by atoms with Gasteiger partial charge >= 0.3 is 0 Å². The summed E-state index contributed by atoms with van der Waals surface area (Å²) in [5.74, 6) is 2.04. The van der Waals surface area contributed by atoms with Gasteiger partial charge in [0.15, 0.2) is 5.69 Å². The Bertz CT molecular complexity index is 1200. The van der Waals surface area contributed by atoms with Crippen LogP contribution >= 0.6 is 0 Å². The molecule has 0 aliphatic carbocycles. The SMILES string of the molecule is C=CC(=O)N1CC(C2CCNn3c2nc(-c2ccc(Oc4ccccc4)cc2)c3C(N)=O)C1. The lowest BCUT2D eigenvalue weighted by molar-refractivity contribution is -0.132. The third-order valence-corrected chi connectivity index (χ3v) is 6.27. The molecule has 3 heterocycles. The third-order valence-electron chi connectivity index (χ3n) is 6.27. The minimum absolute atomic E-state index is 0.0557. The van der Waals surface area contributed by atoms with Gasteiger partial charge in [-0.2, -0.15) is 0 Å². The molecule has 0 radical (unpaired) electrons. The largest absolute Gasteiger partial charge is 0.457 e. The van der Waals surface area contributed by atoms with Crippen LogP contribution in [0, 0.1) is 5.92 Å². The Labute approximate surface area is 191 Å². The van der Waals surface area contributed by atoms with Gasteiger partial charge in [-0.3, -0.25) is 9.59 Å². The number of rotatable bonds is 6. The first kappa shape index (κ1) is 20.8. The highest BCUT2D eigenvalue weighted by molar-refractivity contribution is 5.97. The highest BCUT2D eigenvalue weighted by Gasteiger charge is 2.40. The summed E-state index contributed by atoms with van der Waals surface area (Å²) in [5, 5.41) is 0. The summed E-state index contributed by atoms with van der Waals surface area (Å²) in [5.41, 5.74) is 10.7. The molecule has 0 spiro atoms. The van der Waals surface area contributed by atoms with E-state index in [1.807, 2.05) is 54.6 Å². The van der Waals surface area contributed by atoms with Gasteiger partial charge in [-0.05, 0) is 48.9 Å². The van der Waals surface area contributed by atoms with Gasteiger partial charge in [-0.1, -0.05) is 24.8 Å². The lowest BCUT2D eigenvalue weighted by Crippen LogP contribution is -2.53. The number of primary amides is 1. The predicted molar refractivity (Wildman–Crippen MR) is 125 cm³/mol. The highest BCUT2D eigenvalue weighted by atomic mass is 16.5. The Morgan fingerprint density at radius 1 is 1.09 bits per heavy atom. The van der Waals surface area contributed by atoms with Gasteiger partial charge in [-0.15, -0.1) is 0 Å². The molecule has 1 unspecified atom stereocenters. The smallest absolute Gasteiger partial charge is 0.269 e. The summed E-state index contributed by atoms with van der Waals surface area (Å²) in [6.07, 6.45) is 2.22. The lowest BCUT2D eigenvalue weighted by atomic mass is 9.82. The molecule has 8 nitrogen and oxygen atoms in total. The van der Waals surface area contributed by atoms with E-state index >= 15 is 0 Å². The number of ether oxygens (including phenoxy) is 1. The molecule has 2 aliphatic rings. The summed E-state index contributed by atoms with van der Waals surface area (Å²) in [7, 11) is 0. The van der Waals surface area contributed by atoms with Crippen molar-refractivity contribution in [3.05, 3.63) is 78.8 Å². The number of fused-ring (bicyclic) bond motifs is 1. The zero-order chi connectivity index (χ0) is 22.9. The van der Waals surface area contributed by atoms with Crippen LogP contribution in [0.1, 0.15) is 28.7 Å².